The highest BCUT2D eigenvalue weighted by Crippen LogP contribution is 2.16. The first kappa shape index (κ1) is 10.6. The lowest BCUT2D eigenvalue weighted by Gasteiger charge is -2.01. The number of rotatable bonds is 2. The predicted molar refractivity (Wildman–Crippen MR) is 57.1 cm³/mol. The van der Waals surface area contributed by atoms with Gasteiger partial charge in [-0.1, -0.05) is 0 Å². The molecule has 8 heteroatoms. The van der Waals surface area contributed by atoms with E-state index in [0.717, 1.165) is 6.20 Å². The quantitative estimate of drug-likeness (QED) is 0.595. The van der Waals surface area contributed by atoms with Crippen molar-refractivity contribution in [2.75, 3.05) is 5.73 Å². The first-order valence-corrected chi connectivity index (χ1v) is 4.48. The molecular formula is C9H6N6O2. The van der Waals surface area contributed by atoms with Gasteiger partial charge in [0.2, 0.25) is 0 Å². The van der Waals surface area contributed by atoms with Gasteiger partial charge in [0.1, 0.15) is 23.6 Å². The van der Waals surface area contributed by atoms with E-state index in [9.17, 15) is 10.1 Å². The smallest absolute Gasteiger partial charge is 0.287 e. The Morgan fingerprint density at radius 3 is 2.71 bits per heavy atom. The molecule has 0 aliphatic heterocycles. The highest BCUT2D eigenvalue weighted by Gasteiger charge is 2.11. The third-order valence-corrected chi connectivity index (χ3v) is 2.09. The summed E-state index contributed by atoms with van der Waals surface area (Å²) in [4.78, 5) is 13.7. The van der Waals surface area contributed by atoms with Crippen LogP contribution in [0.3, 0.4) is 0 Å². The van der Waals surface area contributed by atoms with Crippen LogP contribution in [0.15, 0.2) is 24.5 Å². The number of nitrogens with two attached hydrogens (primary N) is 1. The number of aromatic nitrogens is 3. The van der Waals surface area contributed by atoms with Gasteiger partial charge in [0, 0.05) is 6.07 Å². The SMILES string of the molecule is N#Cc1cnn(-c2ccc([N+](=O)[O-])cn2)c1N. The summed E-state index contributed by atoms with van der Waals surface area (Å²) in [7, 11) is 0. The summed E-state index contributed by atoms with van der Waals surface area (Å²) in [5.74, 6) is 0.462. The highest BCUT2D eigenvalue weighted by atomic mass is 16.6. The first-order chi connectivity index (χ1) is 8.13. The van der Waals surface area contributed by atoms with E-state index < -0.39 is 4.92 Å². The van der Waals surface area contributed by atoms with E-state index in [1.54, 1.807) is 0 Å². The number of hydrogen-bond acceptors (Lipinski definition) is 6. The predicted octanol–water partition coefficient (Wildman–Crippen LogP) is 0.629. The molecule has 2 rings (SSSR count). The third kappa shape index (κ3) is 1.76. The van der Waals surface area contributed by atoms with Gasteiger partial charge in [0.15, 0.2) is 5.82 Å². The standard InChI is InChI=1S/C9H6N6O2/c10-3-6-4-13-14(9(6)11)8-2-1-7(5-12-8)15(16)17/h1-2,4-5H,11H2. The van der Waals surface area contributed by atoms with Crippen LogP contribution in [0.4, 0.5) is 11.5 Å². The van der Waals surface area contributed by atoms with Crippen molar-refractivity contribution < 1.29 is 4.92 Å². The van der Waals surface area contributed by atoms with Crippen molar-refractivity contribution >= 4 is 11.5 Å². The summed E-state index contributed by atoms with van der Waals surface area (Å²) in [5.41, 5.74) is 5.75. The fourth-order valence-electron chi connectivity index (χ4n) is 1.24. The van der Waals surface area contributed by atoms with E-state index in [2.05, 4.69) is 10.1 Å². The van der Waals surface area contributed by atoms with Crippen molar-refractivity contribution in [3.05, 3.63) is 40.2 Å². The number of anilines is 1. The van der Waals surface area contributed by atoms with Crippen LogP contribution in [-0.2, 0) is 0 Å². The molecule has 0 unspecified atom stereocenters. The second kappa shape index (κ2) is 3.90. The van der Waals surface area contributed by atoms with Crippen LogP contribution >= 0.6 is 0 Å². The summed E-state index contributed by atoms with van der Waals surface area (Å²) in [6.07, 6.45) is 2.40. The lowest BCUT2D eigenvalue weighted by atomic mass is 10.3. The molecule has 0 aromatic carbocycles. The van der Waals surface area contributed by atoms with E-state index in [1.807, 2.05) is 6.07 Å². The van der Waals surface area contributed by atoms with Gasteiger partial charge < -0.3 is 5.73 Å². The second-order valence-electron chi connectivity index (χ2n) is 3.10. The van der Waals surface area contributed by atoms with Gasteiger partial charge in [-0.05, 0) is 6.07 Å². The van der Waals surface area contributed by atoms with Gasteiger partial charge in [-0.25, -0.2) is 4.98 Å². The molecular weight excluding hydrogens is 224 g/mol. The van der Waals surface area contributed by atoms with Crippen molar-refractivity contribution in [2.45, 2.75) is 0 Å². The van der Waals surface area contributed by atoms with Gasteiger partial charge >= 0.3 is 0 Å². The Morgan fingerprint density at radius 2 is 2.24 bits per heavy atom. The van der Waals surface area contributed by atoms with Gasteiger partial charge in [-0.2, -0.15) is 15.0 Å². The summed E-state index contributed by atoms with van der Waals surface area (Å²) in [5, 5.41) is 23.0. The number of nitro groups is 1. The molecule has 0 fully saturated rings. The average molecular weight is 230 g/mol. The van der Waals surface area contributed by atoms with E-state index >= 15 is 0 Å². The molecule has 0 aliphatic rings. The lowest BCUT2D eigenvalue weighted by Crippen LogP contribution is -2.04. The molecule has 2 aromatic heterocycles. The summed E-state index contributed by atoms with van der Waals surface area (Å²) < 4.78 is 1.24. The Morgan fingerprint density at radius 1 is 1.47 bits per heavy atom. The van der Waals surface area contributed by atoms with E-state index in [1.165, 1.54) is 23.0 Å². The van der Waals surface area contributed by atoms with Crippen molar-refractivity contribution in [3.63, 3.8) is 0 Å². The van der Waals surface area contributed by atoms with Crippen LogP contribution in [0.2, 0.25) is 0 Å². The van der Waals surface area contributed by atoms with E-state index in [-0.39, 0.29) is 17.1 Å². The highest BCUT2D eigenvalue weighted by molar-refractivity contribution is 5.51. The third-order valence-electron chi connectivity index (χ3n) is 2.09. The molecule has 84 valence electrons. The van der Waals surface area contributed by atoms with Crippen molar-refractivity contribution in [2.24, 2.45) is 0 Å². The maximum absolute atomic E-state index is 10.4. The molecule has 8 nitrogen and oxygen atoms in total. The summed E-state index contributed by atoms with van der Waals surface area (Å²) >= 11 is 0. The van der Waals surface area contributed by atoms with Crippen LogP contribution < -0.4 is 5.73 Å². The second-order valence-corrected chi connectivity index (χ2v) is 3.10. The average Bonchev–Trinajstić information content (AvgIpc) is 2.70. The maximum atomic E-state index is 10.4. The first-order valence-electron chi connectivity index (χ1n) is 4.48. The topological polar surface area (TPSA) is 124 Å². The Bertz CT molecular complexity index is 609. The van der Waals surface area contributed by atoms with Crippen LogP contribution in [0.1, 0.15) is 5.56 Å². The number of nitrogens with zero attached hydrogens (tertiary/aromatic N) is 5. The molecule has 0 radical (unpaired) electrons. The molecule has 0 aliphatic carbocycles. The molecule has 2 N–H and O–H groups in total. The van der Waals surface area contributed by atoms with Crippen molar-refractivity contribution in [1.29, 1.82) is 5.26 Å². The maximum Gasteiger partial charge on any atom is 0.287 e. The minimum absolute atomic E-state index is 0.125. The normalized spacial score (nSPS) is 9.82. The zero-order chi connectivity index (χ0) is 12.4. The Hall–Kier alpha value is -2.95. The summed E-state index contributed by atoms with van der Waals surface area (Å²) in [6, 6.07) is 4.56. The molecule has 0 spiro atoms. The zero-order valence-electron chi connectivity index (χ0n) is 8.44. The largest absolute Gasteiger partial charge is 0.382 e. The van der Waals surface area contributed by atoms with Gasteiger partial charge in [-0.15, -0.1) is 0 Å². The number of pyridine rings is 1. The van der Waals surface area contributed by atoms with Crippen LogP contribution in [-0.4, -0.2) is 19.7 Å². The fraction of sp³-hybridized carbons (Fsp3) is 0. The minimum Gasteiger partial charge on any atom is -0.382 e. The van der Waals surface area contributed by atoms with Gasteiger partial charge in [0.05, 0.1) is 11.1 Å². The summed E-state index contributed by atoms with van der Waals surface area (Å²) in [6.45, 7) is 0. The van der Waals surface area contributed by atoms with Crippen LogP contribution in [0.25, 0.3) is 5.82 Å². The monoisotopic (exact) mass is 230 g/mol. The van der Waals surface area contributed by atoms with Gasteiger partial charge in [-0.3, -0.25) is 10.1 Å². The minimum atomic E-state index is -0.552. The zero-order valence-corrected chi connectivity index (χ0v) is 8.44. The van der Waals surface area contributed by atoms with E-state index in [4.69, 9.17) is 11.0 Å². The number of nitrogen functional groups attached to an aromatic ring is 1. The molecule has 2 heterocycles. The van der Waals surface area contributed by atoms with Crippen molar-refractivity contribution in [3.8, 4) is 11.9 Å². The molecule has 2 aromatic rings. The van der Waals surface area contributed by atoms with Gasteiger partial charge in [0.25, 0.3) is 5.69 Å². The molecule has 17 heavy (non-hydrogen) atoms. The molecule has 0 saturated heterocycles. The number of hydrogen-bond donors (Lipinski definition) is 1. The molecule has 0 amide bonds. The molecule has 0 saturated carbocycles. The van der Waals surface area contributed by atoms with E-state index in [0.29, 0.717) is 5.82 Å². The Kier molecular flexibility index (Phi) is 2.42. The van der Waals surface area contributed by atoms with Crippen molar-refractivity contribution in [1.82, 2.24) is 14.8 Å². The number of nitriles is 1. The van der Waals surface area contributed by atoms with Crippen LogP contribution in [0.5, 0.6) is 0 Å². The lowest BCUT2D eigenvalue weighted by molar-refractivity contribution is -0.385. The van der Waals surface area contributed by atoms with Crippen LogP contribution in [0, 0.1) is 21.4 Å². The molecule has 0 bridgehead atoms. The Balaban J connectivity index is 2.44. The fourth-order valence-corrected chi connectivity index (χ4v) is 1.24. The Labute approximate surface area is 95.1 Å². The molecule has 0 atom stereocenters.